The molecule has 0 saturated heterocycles. The van der Waals surface area contributed by atoms with Gasteiger partial charge in [-0.1, -0.05) is 6.92 Å². The summed E-state index contributed by atoms with van der Waals surface area (Å²) in [6.07, 6.45) is 3.23. The van der Waals surface area contributed by atoms with Gasteiger partial charge in [0.2, 0.25) is 0 Å². The molecule has 1 N–H and O–H groups in total. The van der Waals surface area contributed by atoms with Crippen LogP contribution in [-0.2, 0) is 6.54 Å². The van der Waals surface area contributed by atoms with Crippen molar-refractivity contribution < 1.29 is 4.39 Å². The fourth-order valence-corrected chi connectivity index (χ4v) is 1.75. The third kappa shape index (κ3) is 2.26. The van der Waals surface area contributed by atoms with Crippen molar-refractivity contribution in [3.8, 4) is 5.82 Å². The summed E-state index contributed by atoms with van der Waals surface area (Å²) in [5.41, 5.74) is 2.41. The lowest BCUT2D eigenvalue weighted by molar-refractivity contribution is 0.577. The van der Waals surface area contributed by atoms with Crippen LogP contribution in [0.2, 0.25) is 0 Å². The Morgan fingerprint density at radius 3 is 2.72 bits per heavy atom. The fourth-order valence-electron chi connectivity index (χ4n) is 1.75. The summed E-state index contributed by atoms with van der Waals surface area (Å²) in [6.45, 7) is 7.10. The minimum Gasteiger partial charge on any atom is -0.313 e. The predicted molar refractivity (Wildman–Crippen MR) is 68.2 cm³/mol. The van der Waals surface area contributed by atoms with Crippen LogP contribution in [-0.4, -0.2) is 21.1 Å². The molecule has 0 aliphatic rings. The monoisotopic (exact) mass is 248 g/mol. The number of pyridine rings is 1. The molecule has 0 aromatic carbocycles. The third-order valence-electron chi connectivity index (χ3n) is 3.00. The van der Waals surface area contributed by atoms with Gasteiger partial charge in [-0.2, -0.15) is 0 Å². The molecule has 18 heavy (non-hydrogen) atoms. The summed E-state index contributed by atoms with van der Waals surface area (Å²) in [5.74, 6) is 0.0162. The summed E-state index contributed by atoms with van der Waals surface area (Å²) in [7, 11) is 0. The van der Waals surface area contributed by atoms with E-state index in [9.17, 15) is 4.39 Å². The molecule has 0 aliphatic heterocycles. The number of nitrogens with one attached hydrogen (secondary N) is 1. The first-order valence-corrected chi connectivity index (χ1v) is 6.00. The van der Waals surface area contributed by atoms with Gasteiger partial charge in [0.15, 0.2) is 11.6 Å². The van der Waals surface area contributed by atoms with Gasteiger partial charge >= 0.3 is 0 Å². The van der Waals surface area contributed by atoms with E-state index in [1.165, 1.54) is 0 Å². The summed E-state index contributed by atoms with van der Waals surface area (Å²) < 4.78 is 16.0. The van der Waals surface area contributed by atoms with Gasteiger partial charge in [-0.3, -0.25) is 4.57 Å². The van der Waals surface area contributed by atoms with Crippen molar-refractivity contribution in [2.75, 3.05) is 6.54 Å². The minimum atomic E-state index is -0.293. The van der Waals surface area contributed by atoms with Crippen LogP contribution >= 0.6 is 0 Å². The van der Waals surface area contributed by atoms with Gasteiger partial charge in [-0.15, -0.1) is 0 Å². The molecule has 0 atom stereocenters. The molecule has 5 heteroatoms. The van der Waals surface area contributed by atoms with Crippen LogP contribution in [0.15, 0.2) is 18.6 Å². The fraction of sp³-hybridized carbons (Fsp3) is 0.385. The SMILES string of the molecule is CCNCc1ccnc(-n2cnc(C)c2C)c1F. The number of halogens is 1. The molecule has 0 amide bonds. The van der Waals surface area contributed by atoms with E-state index in [2.05, 4.69) is 15.3 Å². The molecule has 2 aromatic rings. The average Bonchev–Trinajstić information content (AvgIpc) is 2.69. The van der Waals surface area contributed by atoms with Crippen LogP contribution in [0.5, 0.6) is 0 Å². The molecular weight excluding hydrogens is 231 g/mol. The van der Waals surface area contributed by atoms with Crippen LogP contribution in [0.25, 0.3) is 5.82 Å². The summed E-state index contributed by atoms with van der Waals surface area (Å²) in [5, 5.41) is 3.11. The number of nitrogens with zero attached hydrogens (tertiary/aromatic N) is 3. The van der Waals surface area contributed by atoms with Crippen LogP contribution in [0, 0.1) is 19.7 Å². The van der Waals surface area contributed by atoms with Crippen molar-refractivity contribution in [1.29, 1.82) is 0 Å². The first-order chi connectivity index (χ1) is 8.65. The lowest BCUT2D eigenvalue weighted by Crippen LogP contribution is -2.14. The maximum absolute atomic E-state index is 14.3. The predicted octanol–water partition coefficient (Wildman–Crippen LogP) is 2.13. The molecule has 4 nitrogen and oxygen atoms in total. The number of imidazole rings is 1. The maximum Gasteiger partial charge on any atom is 0.174 e. The van der Waals surface area contributed by atoms with Crippen LogP contribution in [0.4, 0.5) is 4.39 Å². The second-order valence-electron chi connectivity index (χ2n) is 4.17. The van der Waals surface area contributed by atoms with E-state index >= 15 is 0 Å². The van der Waals surface area contributed by atoms with Gasteiger partial charge in [0.1, 0.15) is 6.33 Å². The highest BCUT2D eigenvalue weighted by atomic mass is 19.1. The first kappa shape index (κ1) is 12.7. The standard InChI is InChI=1S/C13H17FN4/c1-4-15-7-11-5-6-16-13(12(11)14)18-8-17-9(2)10(18)3/h5-6,8,15H,4,7H2,1-3H3. The van der Waals surface area contributed by atoms with Crippen molar-refractivity contribution in [2.45, 2.75) is 27.3 Å². The summed E-state index contributed by atoms with van der Waals surface area (Å²) in [6, 6.07) is 1.70. The van der Waals surface area contributed by atoms with Gasteiger partial charge in [-0.05, 0) is 26.5 Å². The second kappa shape index (κ2) is 5.27. The van der Waals surface area contributed by atoms with Crippen molar-refractivity contribution in [3.05, 3.63) is 41.4 Å². The normalized spacial score (nSPS) is 10.9. The summed E-state index contributed by atoms with van der Waals surface area (Å²) >= 11 is 0. The van der Waals surface area contributed by atoms with Crippen LogP contribution in [0.1, 0.15) is 23.9 Å². The van der Waals surface area contributed by atoms with Crippen LogP contribution in [0.3, 0.4) is 0 Å². The highest BCUT2D eigenvalue weighted by molar-refractivity contribution is 5.33. The highest BCUT2D eigenvalue weighted by Gasteiger charge is 2.13. The molecular formula is C13H17FN4. The Morgan fingerprint density at radius 1 is 1.33 bits per heavy atom. The number of hydrogen-bond acceptors (Lipinski definition) is 3. The Hall–Kier alpha value is -1.75. The lowest BCUT2D eigenvalue weighted by atomic mass is 10.2. The number of hydrogen-bond donors (Lipinski definition) is 1. The first-order valence-electron chi connectivity index (χ1n) is 6.00. The topological polar surface area (TPSA) is 42.7 Å². The van der Waals surface area contributed by atoms with E-state index in [4.69, 9.17) is 0 Å². The van der Waals surface area contributed by atoms with E-state index in [1.54, 1.807) is 23.2 Å². The minimum absolute atomic E-state index is 0.293. The maximum atomic E-state index is 14.3. The molecule has 0 saturated carbocycles. The van der Waals surface area contributed by atoms with Gasteiger partial charge < -0.3 is 5.32 Å². The average molecular weight is 248 g/mol. The Kier molecular flexibility index (Phi) is 3.72. The van der Waals surface area contributed by atoms with Crippen molar-refractivity contribution in [3.63, 3.8) is 0 Å². The lowest BCUT2D eigenvalue weighted by Gasteiger charge is -2.09. The Labute approximate surface area is 106 Å². The van der Waals surface area contributed by atoms with E-state index in [-0.39, 0.29) is 5.82 Å². The molecule has 2 rings (SSSR count). The molecule has 0 bridgehead atoms. The van der Waals surface area contributed by atoms with Gasteiger partial charge in [0, 0.05) is 24.0 Å². The van der Waals surface area contributed by atoms with E-state index < -0.39 is 0 Å². The molecule has 0 radical (unpaired) electrons. The Morgan fingerprint density at radius 2 is 2.11 bits per heavy atom. The Bertz CT molecular complexity index is 548. The van der Waals surface area contributed by atoms with Crippen molar-refractivity contribution in [1.82, 2.24) is 19.9 Å². The van der Waals surface area contributed by atoms with Crippen molar-refractivity contribution in [2.24, 2.45) is 0 Å². The smallest absolute Gasteiger partial charge is 0.174 e. The number of rotatable bonds is 4. The zero-order valence-corrected chi connectivity index (χ0v) is 10.9. The van der Waals surface area contributed by atoms with Crippen molar-refractivity contribution >= 4 is 0 Å². The second-order valence-corrected chi connectivity index (χ2v) is 4.17. The van der Waals surface area contributed by atoms with E-state index in [0.29, 0.717) is 17.9 Å². The van der Waals surface area contributed by atoms with Gasteiger partial charge in [0.05, 0.1) is 5.69 Å². The van der Waals surface area contributed by atoms with E-state index in [0.717, 1.165) is 17.9 Å². The van der Waals surface area contributed by atoms with Crippen LogP contribution < -0.4 is 5.32 Å². The Balaban J connectivity index is 2.42. The summed E-state index contributed by atoms with van der Waals surface area (Å²) in [4.78, 5) is 8.28. The third-order valence-corrected chi connectivity index (χ3v) is 3.00. The quantitative estimate of drug-likeness (QED) is 0.901. The largest absolute Gasteiger partial charge is 0.313 e. The molecule has 2 aromatic heterocycles. The molecule has 0 unspecified atom stereocenters. The van der Waals surface area contributed by atoms with Gasteiger partial charge in [-0.25, -0.2) is 14.4 Å². The molecule has 0 spiro atoms. The van der Waals surface area contributed by atoms with Gasteiger partial charge in [0.25, 0.3) is 0 Å². The zero-order chi connectivity index (χ0) is 13.1. The highest BCUT2D eigenvalue weighted by Crippen LogP contribution is 2.17. The molecule has 0 aliphatic carbocycles. The zero-order valence-electron chi connectivity index (χ0n) is 10.9. The molecule has 96 valence electrons. The van der Waals surface area contributed by atoms with E-state index in [1.807, 2.05) is 20.8 Å². The molecule has 0 fully saturated rings. The molecule has 2 heterocycles. The number of aryl methyl sites for hydroxylation is 1. The number of aromatic nitrogens is 3.